The van der Waals surface area contributed by atoms with E-state index in [1.807, 2.05) is 48.5 Å². The van der Waals surface area contributed by atoms with Gasteiger partial charge in [-0.1, -0.05) is 159 Å². The zero-order chi connectivity index (χ0) is 55.4. The average Bonchev–Trinajstić information content (AvgIpc) is 4.39. The highest BCUT2D eigenvalue weighted by molar-refractivity contribution is 6.03. The van der Waals surface area contributed by atoms with Crippen LogP contribution in [0.2, 0.25) is 0 Å². The van der Waals surface area contributed by atoms with Gasteiger partial charge in [-0.2, -0.15) is 9.59 Å². The van der Waals surface area contributed by atoms with Crippen molar-refractivity contribution in [3.05, 3.63) is 291 Å². The first-order chi connectivity index (χ1) is 40.9. The molecule has 0 amide bonds. The first kappa shape index (κ1) is 49.0. The fraction of sp³-hybridized carbons (Fsp3) is 0.0411. The number of pyridine rings is 2. The van der Waals surface area contributed by atoms with Crippen molar-refractivity contribution in [2.45, 2.75) is 19.3 Å². The summed E-state index contributed by atoms with van der Waals surface area (Å²) in [7, 11) is 0. The summed E-state index contributed by atoms with van der Waals surface area (Å²) in [6, 6.07) is 89.7. The summed E-state index contributed by atoms with van der Waals surface area (Å²) < 4.78 is 0. The van der Waals surface area contributed by atoms with Gasteiger partial charge in [0.15, 0.2) is 0 Å². The molecule has 394 valence electrons. The Labute approximate surface area is 480 Å². The highest BCUT2D eigenvalue weighted by Gasteiger charge is 2.36. The lowest BCUT2D eigenvalue weighted by atomic mass is 9.80. The maximum Gasteiger partial charge on any atom is 0.122 e. The van der Waals surface area contributed by atoms with Gasteiger partial charge in [0.2, 0.25) is 0 Å². The van der Waals surface area contributed by atoms with Crippen LogP contribution in [-0.4, -0.2) is 40.0 Å². The lowest BCUT2D eigenvalue weighted by Crippen LogP contribution is -2.15. The molecule has 0 unspecified atom stereocenters. The van der Waals surface area contributed by atoms with Gasteiger partial charge in [0.1, 0.15) is 22.1 Å². The molecular formula is C73H52N10. The molecule has 10 aromatic carbocycles. The maximum absolute atomic E-state index is 5.24. The number of fused-ring (bicyclic) bond motifs is 5. The Morgan fingerprint density at radius 3 is 0.855 bits per heavy atom. The number of benzene rings is 10. The summed E-state index contributed by atoms with van der Waals surface area (Å²) in [5.41, 5.74) is 24.3. The van der Waals surface area contributed by atoms with Crippen molar-refractivity contribution in [3.63, 3.8) is 0 Å². The number of para-hydroxylation sites is 4. The summed E-state index contributed by atoms with van der Waals surface area (Å²) in [6.45, 7) is 4.67. The maximum atomic E-state index is 5.24. The zero-order valence-corrected chi connectivity index (χ0v) is 45.5. The number of hydrogen-bond acceptors (Lipinski definition) is 8. The van der Waals surface area contributed by atoms with Crippen LogP contribution >= 0.6 is 0 Å². The van der Waals surface area contributed by atoms with Gasteiger partial charge in [0.05, 0.1) is 11.4 Å². The monoisotopic (exact) mass is 1070 g/mol. The highest BCUT2D eigenvalue weighted by atomic mass is 15.5. The van der Waals surface area contributed by atoms with E-state index in [0.717, 1.165) is 112 Å². The van der Waals surface area contributed by atoms with E-state index in [0.29, 0.717) is 0 Å². The van der Waals surface area contributed by atoms with Gasteiger partial charge in [-0.05, 0) is 154 Å². The van der Waals surface area contributed by atoms with Crippen molar-refractivity contribution >= 4 is 56.2 Å². The summed E-state index contributed by atoms with van der Waals surface area (Å²) in [5.74, 6) is 0. The van der Waals surface area contributed by atoms with Gasteiger partial charge < -0.3 is 9.80 Å². The lowest BCUT2D eigenvalue weighted by molar-refractivity contribution is 0.661. The second-order valence-corrected chi connectivity index (χ2v) is 21.4. The molecule has 10 heteroatoms. The second kappa shape index (κ2) is 20.2. The predicted octanol–water partition coefficient (Wildman–Crippen LogP) is 17.9. The molecule has 0 atom stereocenters. The van der Waals surface area contributed by atoms with Gasteiger partial charge in [0.25, 0.3) is 0 Å². The fourth-order valence-electron chi connectivity index (χ4n) is 12.0. The van der Waals surface area contributed by atoms with E-state index in [9.17, 15) is 0 Å². The zero-order valence-electron chi connectivity index (χ0n) is 45.5. The largest absolute Gasteiger partial charge is 0.311 e. The topological polar surface area (TPSA) is 93.7 Å². The molecule has 0 aliphatic heterocycles. The first-order valence-corrected chi connectivity index (χ1v) is 27.8. The molecule has 0 N–H and O–H groups in total. The van der Waals surface area contributed by atoms with Crippen molar-refractivity contribution in [3.8, 4) is 67.0 Å². The van der Waals surface area contributed by atoms with Crippen LogP contribution in [0, 0.1) is 0 Å². The lowest BCUT2D eigenvalue weighted by Gasteiger charge is -2.25. The summed E-state index contributed by atoms with van der Waals surface area (Å²) in [5, 5.41) is 20.9. The number of rotatable bonds is 12. The third-order valence-electron chi connectivity index (χ3n) is 16.1. The molecule has 83 heavy (non-hydrogen) atoms. The molecule has 0 spiro atoms. The van der Waals surface area contributed by atoms with Gasteiger partial charge in [-0.25, -0.2) is 0 Å². The van der Waals surface area contributed by atoms with Crippen molar-refractivity contribution < 1.29 is 0 Å². The molecular weight excluding hydrogens is 1020 g/mol. The van der Waals surface area contributed by atoms with Gasteiger partial charge >= 0.3 is 0 Å². The molecule has 0 fully saturated rings. The van der Waals surface area contributed by atoms with E-state index in [4.69, 9.17) is 20.4 Å². The Hall–Kier alpha value is -11.1. The van der Waals surface area contributed by atoms with Gasteiger partial charge in [-0.15, -0.1) is 20.4 Å². The molecule has 1 aliphatic rings. The number of hydrogen-bond donors (Lipinski definition) is 0. The second-order valence-electron chi connectivity index (χ2n) is 21.4. The normalized spacial score (nSPS) is 12.3. The molecule has 15 rings (SSSR count). The third kappa shape index (κ3) is 8.68. The summed E-state index contributed by atoms with van der Waals surface area (Å²) in [4.78, 5) is 16.6. The minimum absolute atomic E-state index is 0.345. The van der Waals surface area contributed by atoms with Crippen LogP contribution in [0.25, 0.3) is 89.1 Å². The van der Waals surface area contributed by atoms with Crippen molar-refractivity contribution in [2.75, 3.05) is 9.80 Å². The summed E-state index contributed by atoms with van der Waals surface area (Å²) in [6.07, 6.45) is 7.10. The molecule has 10 nitrogen and oxygen atoms in total. The first-order valence-electron chi connectivity index (χ1n) is 27.8. The Bertz CT molecular complexity index is 4290. The smallest absolute Gasteiger partial charge is 0.122 e. The van der Waals surface area contributed by atoms with Crippen LogP contribution < -0.4 is 9.80 Å². The Kier molecular flexibility index (Phi) is 11.9. The minimum Gasteiger partial charge on any atom is -0.311 e. The van der Waals surface area contributed by atoms with E-state index >= 15 is 0 Å². The third-order valence-corrected chi connectivity index (χ3v) is 16.1. The Balaban J connectivity index is 0.787. The molecule has 0 bridgehead atoms. The predicted molar refractivity (Wildman–Crippen MR) is 336 cm³/mol. The van der Waals surface area contributed by atoms with E-state index in [1.54, 1.807) is 34.4 Å². The van der Waals surface area contributed by atoms with Crippen molar-refractivity contribution in [1.82, 2.24) is 40.0 Å². The van der Waals surface area contributed by atoms with Gasteiger partial charge in [-0.3, -0.25) is 9.97 Å². The van der Waals surface area contributed by atoms with Crippen LogP contribution in [0.1, 0.15) is 25.0 Å². The minimum atomic E-state index is -0.345. The standard InChI is InChI=1S/C73H52N10/c1-73(2)67-47-51(63-37-35-61(69-71(63)78-82(76-69)59-39-43-74-44-40-59)49-23-29-57(30-24-49)80(53-15-7-3-8-16-53)54-17-9-4-10-18-54)27-33-65(67)66-34-28-52(48-68(66)73)64-38-36-62(70-72(64)79-83(77-70)60-41-45-75-46-42-60)50-25-31-58(32-26-50)81(55-19-11-5-12-20-55)56-21-13-6-14-22-56/h3-48H,1-2H3. The van der Waals surface area contributed by atoms with Crippen molar-refractivity contribution in [2.24, 2.45) is 0 Å². The van der Waals surface area contributed by atoms with Crippen LogP contribution in [0.15, 0.2) is 280 Å². The molecule has 4 aromatic heterocycles. The molecule has 14 aromatic rings. The van der Waals surface area contributed by atoms with Crippen LogP contribution in [-0.2, 0) is 5.41 Å². The SMILES string of the molecule is CC1(C)c2cc(-c3ccc(-c4ccc(N(c5ccccc5)c5ccccc5)cc4)c4nn(-c5ccncc5)nc34)ccc2-c2ccc(-c3ccc(-c4ccc(N(c5ccccc5)c5ccccc5)cc4)c4nn(-c5ccncc5)nc34)cc21. The molecule has 1 aliphatic carbocycles. The Morgan fingerprint density at radius 1 is 0.277 bits per heavy atom. The van der Waals surface area contributed by atoms with E-state index in [2.05, 4.69) is 240 Å². The van der Waals surface area contributed by atoms with E-state index < -0.39 is 0 Å². The number of aromatic nitrogens is 8. The average molecular weight is 1070 g/mol. The quantitative estimate of drug-likeness (QED) is 0.119. The molecule has 0 saturated heterocycles. The van der Waals surface area contributed by atoms with Crippen LogP contribution in [0.4, 0.5) is 34.1 Å². The van der Waals surface area contributed by atoms with E-state index in [-0.39, 0.29) is 5.41 Å². The Morgan fingerprint density at radius 2 is 0.542 bits per heavy atom. The highest BCUT2D eigenvalue weighted by Crippen LogP contribution is 2.52. The van der Waals surface area contributed by atoms with E-state index in [1.165, 1.54) is 22.3 Å². The molecule has 4 heterocycles. The molecule has 0 radical (unpaired) electrons. The van der Waals surface area contributed by atoms with Crippen LogP contribution in [0.5, 0.6) is 0 Å². The fourth-order valence-corrected chi connectivity index (χ4v) is 12.0. The van der Waals surface area contributed by atoms with Gasteiger partial charge in [0, 0.05) is 86.6 Å². The van der Waals surface area contributed by atoms with Crippen LogP contribution in [0.3, 0.4) is 0 Å². The number of nitrogens with zero attached hydrogens (tertiary/aromatic N) is 10. The number of anilines is 6. The van der Waals surface area contributed by atoms with Crippen molar-refractivity contribution in [1.29, 1.82) is 0 Å². The molecule has 0 saturated carbocycles. The summed E-state index contributed by atoms with van der Waals surface area (Å²) >= 11 is 0.